The van der Waals surface area contributed by atoms with Gasteiger partial charge in [-0.3, -0.25) is 14.5 Å². The Morgan fingerprint density at radius 1 is 1.21 bits per heavy atom. The maximum Gasteiger partial charge on any atom is 0.317 e. The Balaban J connectivity index is 1.45. The molecule has 29 heavy (non-hydrogen) atoms. The van der Waals surface area contributed by atoms with Gasteiger partial charge < -0.3 is 10.4 Å². The van der Waals surface area contributed by atoms with Crippen molar-refractivity contribution in [3.63, 3.8) is 0 Å². The quantitative estimate of drug-likeness (QED) is 0.664. The van der Waals surface area contributed by atoms with Gasteiger partial charge in [-0.25, -0.2) is 4.98 Å². The van der Waals surface area contributed by atoms with Gasteiger partial charge in [0.05, 0.1) is 6.54 Å². The second-order valence-electron chi connectivity index (χ2n) is 7.19. The van der Waals surface area contributed by atoms with E-state index in [1.165, 1.54) is 11.3 Å². The summed E-state index contributed by atoms with van der Waals surface area (Å²) in [4.78, 5) is 29.6. The zero-order valence-electron chi connectivity index (χ0n) is 16.0. The molecule has 0 aliphatic carbocycles. The summed E-state index contributed by atoms with van der Waals surface area (Å²) in [5.74, 6) is -0.520. The fraction of sp³-hybridized carbons (Fsp3) is 0.350. The number of nitrogens with zero attached hydrogens (tertiary/aromatic N) is 4. The van der Waals surface area contributed by atoms with Crippen LogP contribution in [-0.4, -0.2) is 56.7 Å². The number of piperidine rings is 1. The van der Waals surface area contributed by atoms with Crippen LogP contribution >= 0.6 is 11.3 Å². The van der Waals surface area contributed by atoms with Gasteiger partial charge >= 0.3 is 5.97 Å². The Hall–Kier alpha value is -2.91. The van der Waals surface area contributed by atoms with Crippen LogP contribution in [0.5, 0.6) is 0 Å². The number of anilines is 1. The Bertz CT molecular complexity index is 1060. The van der Waals surface area contributed by atoms with Crippen molar-refractivity contribution < 1.29 is 14.7 Å². The van der Waals surface area contributed by atoms with Crippen LogP contribution < -0.4 is 5.32 Å². The van der Waals surface area contributed by atoms with Gasteiger partial charge in [0.15, 0.2) is 0 Å². The van der Waals surface area contributed by atoms with E-state index in [1.54, 1.807) is 6.20 Å². The first kappa shape index (κ1) is 19.4. The van der Waals surface area contributed by atoms with E-state index in [9.17, 15) is 9.59 Å². The van der Waals surface area contributed by atoms with Gasteiger partial charge in [-0.1, -0.05) is 23.5 Å². The summed E-state index contributed by atoms with van der Waals surface area (Å²) in [5.41, 5.74) is 0.984. The molecule has 1 saturated heterocycles. The van der Waals surface area contributed by atoms with E-state index >= 15 is 0 Å². The van der Waals surface area contributed by atoms with Crippen molar-refractivity contribution in [2.24, 2.45) is 5.92 Å². The average molecular weight is 411 g/mol. The number of aliphatic carboxylic acids is 1. The SMILES string of the molecule is Cc1nnc(-c2ccc3cnc(NC(=O)C4CCN(CC(=O)O)CC4)cc3c2)s1. The van der Waals surface area contributed by atoms with Crippen LogP contribution in [0.2, 0.25) is 0 Å². The number of amides is 1. The zero-order valence-corrected chi connectivity index (χ0v) is 16.8. The van der Waals surface area contributed by atoms with Crippen molar-refractivity contribution in [2.45, 2.75) is 19.8 Å². The molecule has 1 aliphatic heterocycles. The number of aryl methyl sites for hydroxylation is 1. The van der Waals surface area contributed by atoms with Crippen LogP contribution in [0, 0.1) is 12.8 Å². The molecule has 1 aliphatic rings. The van der Waals surface area contributed by atoms with Crippen molar-refractivity contribution in [1.29, 1.82) is 0 Å². The monoisotopic (exact) mass is 411 g/mol. The zero-order chi connectivity index (χ0) is 20.4. The van der Waals surface area contributed by atoms with Crippen LogP contribution in [0.3, 0.4) is 0 Å². The average Bonchev–Trinajstić information content (AvgIpc) is 3.14. The van der Waals surface area contributed by atoms with Gasteiger partial charge in [-0.2, -0.15) is 0 Å². The van der Waals surface area contributed by atoms with Gasteiger partial charge in [0.25, 0.3) is 0 Å². The number of carboxylic acids is 1. The molecule has 0 saturated carbocycles. The van der Waals surface area contributed by atoms with Crippen molar-refractivity contribution in [3.05, 3.63) is 35.5 Å². The van der Waals surface area contributed by atoms with Gasteiger partial charge in [0.1, 0.15) is 15.8 Å². The second-order valence-corrected chi connectivity index (χ2v) is 8.37. The lowest BCUT2D eigenvalue weighted by Crippen LogP contribution is -2.40. The molecule has 0 bridgehead atoms. The highest BCUT2D eigenvalue weighted by molar-refractivity contribution is 7.14. The van der Waals surface area contributed by atoms with Crippen molar-refractivity contribution in [1.82, 2.24) is 20.1 Å². The third kappa shape index (κ3) is 4.57. The topological polar surface area (TPSA) is 108 Å². The highest BCUT2D eigenvalue weighted by atomic mass is 32.1. The summed E-state index contributed by atoms with van der Waals surface area (Å²) in [6.45, 7) is 3.17. The molecule has 0 atom stereocenters. The number of carboxylic acid groups (broad SMARTS) is 1. The second kappa shape index (κ2) is 8.22. The van der Waals surface area contributed by atoms with E-state index in [0.29, 0.717) is 31.7 Å². The van der Waals surface area contributed by atoms with Crippen molar-refractivity contribution >= 4 is 39.8 Å². The lowest BCUT2D eigenvalue weighted by Gasteiger charge is -2.29. The third-order valence-electron chi connectivity index (χ3n) is 5.06. The first-order valence-electron chi connectivity index (χ1n) is 9.43. The van der Waals surface area contributed by atoms with Crippen LogP contribution in [0.1, 0.15) is 17.8 Å². The summed E-state index contributed by atoms with van der Waals surface area (Å²) >= 11 is 1.54. The molecular formula is C20H21N5O3S. The minimum atomic E-state index is -0.837. The minimum Gasteiger partial charge on any atom is -0.480 e. The molecule has 9 heteroatoms. The Morgan fingerprint density at radius 2 is 2.00 bits per heavy atom. The first-order valence-corrected chi connectivity index (χ1v) is 10.2. The molecular weight excluding hydrogens is 390 g/mol. The number of rotatable bonds is 5. The lowest BCUT2D eigenvalue weighted by atomic mass is 9.96. The smallest absolute Gasteiger partial charge is 0.317 e. The molecule has 2 N–H and O–H groups in total. The van der Waals surface area contributed by atoms with Crippen molar-refractivity contribution in [2.75, 3.05) is 25.0 Å². The number of hydrogen-bond acceptors (Lipinski definition) is 7. The maximum atomic E-state index is 12.6. The molecule has 3 heterocycles. The maximum absolute atomic E-state index is 12.6. The lowest BCUT2D eigenvalue weighted by molar-refractivity contribution is -0.138. The normalized spacial score (nSPS) is 15.5. The van der Waals surface area contributed by atoms with E-state index in [-0.39, 0.29) is 18.4 Å². The van der Waals surface area contributed by atoms with Crippen molar-refractivity contribution in [3.8, 4) is 10.6 Å². The summed E-state index contributed by atoms with van der Waals surface area (Å²) < 4.78 is 0. The third-order valence-corrected chi connectivity index (χ3v) is 5.95. The number of carbonyl (C=O) groups excluding carboxylic acids is 1. The van der Waals surface area contributed by atoms with E-state index in [1.807, 2.05) is 36.1 Å². The number of pyridine rings is 1. The van der Waals surface area contributed by atoms with E-state index < -0.39 is 5.97 Å². The molecule has 1 fully saturated rings. The highest BCUT2D eigenvalue weighted by Crippen LogP contribution is 2.28. The Labute approximate surface area is 171 Å². The molecule has 3 aromatic rings. The molecule has 0 unspecified atom stereocenters. The number of likely N-dealkylation sites (tertiary alicyclic amines) is 1. The van der Waals surface area contributed by atoms with Crippen LogP contribution in [0.25, 0.3) is 21.3 Å². The number of nitrogens with one attached hydrogen (secondary N) is 1. The number of hydrogen-bond donors (Lipinski definition) is 2. The largest absolute Gasteiger partial charge is 0.480 e. The van der Waals surface area contributed by atoms with Gasteiger partial charge in [-0.05, 0) is 50.4 Å². The van der Waals surface area contributed by atoms with Crippen LogP contribution in [-0.2, 0) is 9.59 Å². The number of carbonyl (C=O) groups is 2. The first-order chi connectivity index (χ1) is 14.0. The summed E-state index contributed by atoms with van der Waals surface area (Å²) in [5, 5.41) is 23.8. The molecule has 150 valence electrons. The fourth-order valence-corrected chi connectivity index (χ4v) is 4.22. The summed E-state index contributed by atoms with van der Waals surface area (Å²) in [6, 6.07) is 7.87. The Kier molecular flexibility index (Phi) is 5.50. The van der Waals surface area contributed by atoms with E-state index in [4.69, 9.17) is 5.11 Å². The minimum absolute atomic E-state index is 0.0248. The fourth-order valence-electron chi connectivity index (χ4n) is 3.53. The molecule has 1 amide bonds. The molecule has 0 spiro atoms. The molecule has 2 aromatic heterocycles. The van der Waals surface area contributed by atoms with E-state index in [2.05, 4.69) is 20.5 Å². The standard InChI is InChI=1S/C20H21N5O3S/c1-12-23-24-20(29-12)14-2-3-15-10-21-17(9-16(15)8-14)22-19(28)13-4-6-25(7-5-13)11-18(26)27/h2-3,8-10,13H,4-7,11H2,1H3,(H,26,27)(H,21,22,28). The van der Waals surface area contributed by atoms with Gasteiger partial charge in [-0.15, -0.1) is 10.2 Å². The van der Waals surface area contributed by atoms with Crippen LogP contribution in [0.4, 0.5) is 5.82 Å². The predicted molar refractivity (Wildman–Crippen MR) is 111 cm³/mol. The molecule has 0 radical (unpaired) electrons. The molecule has 1 aromatic carbocycles. The van der Waals surface area contributed by atoms with Gasteiger partial charge in [0.2, 0.25) is 5.91 Å². The molecule has 4 rings (SSSR count). The summed E-state index contributed by atoms with van der Waals surface area (Å²) in [6.07, 6.45) is 3.04. The number of aromatic nitrogens is 3. The Morgan fingerprint density at radius 3 is 2.69 bits per heavy atom. The molecule has 8 nitrogen and oxygen atoms in total. The number of benzene rings is 1. The van der Waals surface area contributed by atoms with E-state index in [0.717, 1.165) is 26.4 Å². The van der Waals surface area contributed by atoms with Gasteiger partial charge in [0, 0.05) is 23.1 Å². The summed E-state index contributed by atoms with van der Waals surface area (Å²) in [7, 11) is 0. The predicted octanol–water partition coefficient (Wildman–Crippen LogP) is 2.80. The highest BCUT2D eigenvalue weighted by Gasteiger charge is 2.26. The van der Waals surface area contributed by atoms with Crippen LogP contribution in [0.15, 0.2) is 30.5 Å². The number of fused-ring (bicyclic) bond motifs is 1.